The first-order valence-corrected chi connectivity index (χ1v) is 5.90. The molecule has 0 aliphatic carbocycles. The van der Waals surface area contributed by atoms with E-state index in [9.17, 15) is 4.39 Å². The molecule has 2 rings (SSSR count). The van der Waals surface area contributed by atoms with Gasteiger partial charge in [-0.25, -0.2) is 4.39 Å². The Balaban J connectivity index is 2.37. The molecule has 0 bridgehead atoms. The molecule has 0 N–H and O–H groups in total. The van der Waals surface area contributed by atoms with E-state index in [0.29, 0.717) is 11.2 Å². The van der Waals surface area contributed by atoms with Gasteiger partial charge in [0.25, 0.3) is 0 Å². The second-order valence-corrected chi connectivity index (χ2v) is 5.42. The number of pyridine rings is 1. The van der Waals surface area contributed by atoms with Gasteiger partial charge in [-0.1, -0.05) is 6.58 Å². The first kappa shape index (κ1) is 13.2. The van der Waals surface area contributed by atoms with Crippen molar-refractivity contribution in [1.82, 2.24) is 4.98 Å². The average molecular weight is 249 g/mol. The highest BCUT2D eigenvalue weighted by molar-refractivity contribution is 6.62. The molecule has 2 heterocycles. The third-order valence-electron chi connectivity index (χ3n) is 3.62. The van der Waals surface area contributed by atoms with Crippen LogP contribution in [0.25, 0.3) is 6.08 Å². The van der Waals surface area contributed by atoms with Crippen LogP contribution in [0.4, 0.5) is 4.39 Å². The van der Waals surface area contributed by atoms with E-state index in [0.717, 1.165) is 6.20 Å². The molecule has 1 aliphatic heterocycles. The molecule has 0 amide bonds. The molecular formula is C13H17BFNO2. The van der Waals surface area contributed by atoms with Crippen molar-refractivity contribution in [2.45, 2.75) is 38.9 Å². The Labute approximate surface area is 107 Å². The van der Waals surface area contributed by atoms with Gasteiger partial charge in [0.15, 0.2) is 0 Å². The van der Waals surface area contributed by atoms with Crippen molar-refractivity contribution in [2.24, 2.45) is 0 Å². The van der Waals surface area contributed by atoms with Crippen LogP contribution in [0.5, 0.6) is 0 Å². The van der Waals surface area contributed by atoms with Crippen LogP contribution in [0.2, 0.25) is 0 Å². The van der Waals surface area contributed by atoms with Crippen LogP contribution in [-0.2, 0) is 9.31 Å². The molecule has 1 aromatic rings. The number of aromatic nitrogens is 1. The summed E-state index contributed by atoms with van der Waals surface area (Å²) in [4.78, 5) is 3.90. The fraction of sp³-hybridized carbons (Fsp3) is 0.462. The number of hydrogen-bond donors (Lipinski definition) is 0. The predicted octanol–water partition coefficient (Wildman–Crippen LogP) is 2.16. The van der Waals surface area contributed by atoms with E-state index in [4.69, 9.17) is 9.31 Å². The van der Waals surface area contributed by atoms with Crippen molar-refractivity contribution in [3.8, 4) is 0 Å². The van der Waals surface area contributed by atoms with E-state index < -0.39 is 24.1 Å². The van der Waals surface area contributed by atoms with Crippen LogP contribution in [0, 0.1) is 5.82 Å². The summed E-state index contributed by atoms with van der Waals surface area (Å²) < 4.78 is 25.4. The van der Waals surface area contributed by atoms with Crippen LogP contribution in [-0.4, -0.2) is 23.3 Å². The SMILES string of the molecule is C=Cc1cc(B2OC(C)(C)C(C)(C)O2)c(F)cn1. The average Bonchev–Trinajstić information content (AvgIpc) is 2.48. The minimum Gasteiger partial charge on any atom is -0.399 e. The molecule has 0 atom stereocenters. The number of rotatable bonds is 2. The quantitative estimate of drug-likeness (QED) is 0.752. The maximum atomic E-state index is 13.8. The Morgan fingerprint density at radius 3 is 2.33 bits per heavy atom. The van der Waals surface area contributed by atoms with Gasteiger partial charge in [-0.2, -0.15) is 0 Å². The Morgan fingerprint density at radius 1 is 1.28 bits per heavy atom. The Bertz CT molecular complexity index is 472. The van der Waals surface area contributed by atoms with Gasteiger partial charge in [0.1, 0.15) is 5.82 Å². The summed E-state index contributed by atoms with van der Waals surface area (Å²) >= 11 is 0. The lowest BCUT2D eigenvalue weighted by Gasteiger charge is -2.32. The van der Waals surface area contributed by atoms with Crippen LogP contribution in [0.15, 0.2) is 18.8 Å². The molecule has 0 spiro atoms. The molecular weight excluding hydrogens is 232 g/mol. The largest absolute Gasteiger partial charge is 0.497 e. The Hall–Kier alpha value is -1.20. The standard InChI is InChI=1S/C13H17BFNO2/c1-6-9-7-10(11(15)8-16-9)14-17-12(2,3)13(4,5)18-14/h6-8H,1H2,2-5H3. The van der Waals surface area contributed by atoms with Crippen molar-refractivity contribution >= 4 is 18.7 Å². The van der Waals surface area contributed by atoms with Gasteiger partial charge in [-0.15, -0.1) is 0 Å². The maximum absolute atomic E-state index is 13.8. The Morgan fingerprint density at radius 2 is 1.83 bits per heavy atom. The van der Waals surface area contributed by atoms with Crippen LogP contribution < -0.4 is 5.46 Å². The minimum atomic E-state index is -0.711. The van der Waals surface area contributed by atoms with Crippen molar-refractivity contribution in [3.05, 3.63) is 30.4 Å². The molecule has 3 nitrogen and oxygen atoms in total. The summed E-state index contributed by atoms with van der Waals surface area (Å²) in [6.45, 7) is 11.3. The van der Waals surface area contributed by atoms with Gasteiger partial charge >= 0.3 is 7.12 Å². The zero-order chi connectivity index (χ0) is 13.6. The number of halogens is 1. The van der Waals surface area contributed by atoms with Crippen molar-refractivity contribution in [2.75, 3.05) is 0 Å². The summed E-state index contributed by atoms with van der Waals surface area (Å²) in [6.07, 6.45) is 2.73. The lowest BCUT2D eigenvalue weighted by molar-refractivity contribution is 0.00578. The highest BCUT2D eigenvalue weighted by Crippen LogP contribution is 2.36. The molecule has 5 heteroatoms. The molecule has 18 heavy (non-hydrogen) atoms. The van der Waals surface area contributed by atoms with Gasteiger partial charge < -0.3 is 9.31 Å². The fourth-order valence-electron chi connectivity index (χ4n) is 1.73. The molecule has 1 saturated heterocycles. The van der Waals surface area contributed by atoms with Gasteiger partial charge in [0.2, 0.25) is 0 Å². The molecule has 1 aliphatic rings. The molecule has 0 saturated carbocycles. The maximum Gasteiger partial charge on any atom is 0.497 e. The smallest absolute Gasteiger partial charge is 0.399 e. The molecule has 1 aromatic heterocycles. The minimum absolute atomic E-state index is 0.360. The summed E-state index contributed by atoms with van der Waals surface area (Å²) in [6, 6.07) is 1.60. The zero-order valence-corrected chi connectivity index (χ0v) is 11.2. The second-order valence-electron chi connectivity index (χ2n) is 5.42. The van der Waals surface area contributed by atoms with E-state index >= 15 is 0 Å². The van der Waals surface area contributed by atoms with Gasteiger partial charge in [0, 0.05) is 5.46 Å². The normalized spacial score (nSPS) is 21.1. The van der Waals surface area contributed by atoms with E-state index in [-0.39, 0.29) is 0 Å². The Kier molecular flexibility index (Phi) is 3.07. The lowest BCUT2D eigenvalue weighted by Crippen LogP contribution is -2.41. The molecule has 1 fully saturated rings. The summed E-state index contributed by atoms with van der Waals surface area (Å²) in [5, 5.41) is 0. The first-order valence-electron chi connectivity index (χ1n) is 5.90. The topological polar surface area (TPSA) is 31.4 Å². The third kappa shape index (κ3) is 2.08. The van der Waals surface area contributed by atoms with Crippen LogP contribution >= 0.6 is 0 Å². The lowest BCUT2D eigenvalue weighted by atomic mass is 9.79. The monoisotopic (exact) mass is 249 g/mol. The van der Waals surface area contributed by atoms with Gasteiger partial charge in [-0.05, 0) is 39.8 Å². The summed E-state index contributed by atoms with van der Waals surface area (Å²) in [7, 11) is -0.711. The molecule has 0 aromatic carbocycles. The van der Waals surface area contributed by atoms with Crippen LogP contribution in [0.1, 0.15) is 33.4 Å². The highest BCUT2D eigenvalue weighted by Gasteiger charge is 2.52. The fourth-order valence-corrected chi connectivity index (χ4v) is 1.73. The van der Waals surface area contributed by atoms with Crippen LogP contribution in [0.3, 0.4) is 0 Å². The summed E-state index contributed by atoms with van der Waals surface area (Å²) in [5.74, 6) is -0.431. The molecule has 96 valence electrons. The van der Waals surface area contributed by atoms with Gasteiger partial charge in [-0.3, -0.25) is 4.98 Å². The third-order valence-corrected chi connectivity index (χ3v) is 3.62. The van der Waals surface area contributed by atoms with E-state index in [1.807, 2.05) is 27.7 Å². The number of hydrogen-bond acceptors (Lipinski definition) is 3. The molecule has 0 unspecified atom stereocenters. The summed E-state index contributed by atoms with van der Waals surface area (Å²) in [5.41, 5.74) is -0.0108. The predicted molar refractivity (Wildman–Crippen MR) is 70.0 cm³/mol. The molecule has 0 radical (unpaired) electrons. The zero-order valence-electron chi connectivity index (χ0n) is 11.2. The van der Waals surface area contributed by atoms with E-state index in [1.165, 1.54) is 0 Å². The van der Waals surface area contributed by atoms with Crippen molar-refractivity contribution in [3.63, 3.8) is 0 Å². The first-order chi connectivity index (χ1) is 8.27. The van der Waals surface area contributed by atoms with Crippen molar-refractivity contribution < 1.29 is 13.7 Å². The van der Waals surface area contributed by atoms with E-state index in [2.05, 4.69) is 11.6 Å². The highest BCUT2D eigenvalue weighted by atomic mass is 19.1. The number of nitrogens with zero attached hydrogens (tertiary/aromatic N) is 1. The second kappa shape index (κ2) is 4.18. The van der Waals surface area contributed by atoms with E-state index in [1.54, 1.807) is 12.1 Å². The van der Waals surface area contributed by atoms with Crippen molar-refractivity contribution in [1.29, 1.82) is 0 Å². The van der Waals surface area contributed by atoms with Gasteiger partial charge in [0.05, 0.1) is 23.1 Å².